The minimum Gasteiger partial charge on any atom is -0.358 e. The van der Waals surface area contributed by atoms with Gasteiger partial charge in [0.15, 0.2) is 5.82 Å². The van der Waals surface area contributed by atoms with Crippen molar-refractivity contribution in [3.63, 3.8) is 0 Å². The van der Waals surface area contributed by atoms with E-state index in [1.807, 2.05) is 0 Å². The SMILES string of the molecule is O=[N+]([O-])c1nc(C(F)F)c(F)cc1Cl. The zero-order chi connectivity index (χ0) is 10.9. The van der Waals surface area contributed by atoms with E-state index in [2.05, 4.69) is 4.98 Å². The number of aromatic nitrogens is 1. The highest BCUT2D eigenvalue weighted by Gasteiger charge is 2.26. The maximum absolute atomic E-state index is 12.7. The Morgan fingerprint density at radius 1 is 1.57 bits per heavy atom. The third-order valence-electron chi connectivity index (χ3n) is 1.32. The van der Waals surface area contributed by atoms with Crippen LogP contribution in [0.2, 0.25) is 5.02 Å². The first-order chi connectivity index (χ1) is 6.43. The maximum Gasteiger partial charge on any atom is 0.382 e. The zero-order valence-corrected chi connectivity index (χ0v) is 7.13. The monoisotopic (exact) mass is 226 g/mol. The van der Waals surface area contributed by atoms with Crippen molar-refractivity contribution in [1.82, 2.24) is 4.98 Å². The second-order valence-corrected chi connectivity index (χ2v) is 2.63. The molecule has 1 rings (SSSR count). The largest absolute Gasteiger partial charge is 0.382 e. The number of nitro groups is 1. The highest BCUT2D eigenvalue weighted by atomic mass is 35.5. The molecular weight excluding hydrogens is 225 g/mol. The van der Waals surface area contributed by atoms with Crippen LogP contribution in [0.15, 0.2) is 6.07 Å². The fourth-order valence-corrected chi connectivity index (χ4v) is 0.959. The van der Waals surface area contributed by atoms with Crippen LogP contribution in [0.3, 0.4) is 0 Å². The van der Waals surface area contributed by atoms with Crippen LogP contribution in [0.5, 0.6) is 0 Å². The summed E-state index contributed by atoms with van der Waals surface area (Å²) in [7, 11) is 0. The van der Waals surface area contributed by atoms with Gasteiger partial charge in [-0.3, -0.25) is 0 Å². The van der Waals surface area contributed by atoms with Gasteiger partial charge >= 0.3 is 12.2 Å². The molecule has 1 heterocycles. The van der Waals surface area contributed by atoms with E-state index >= 15 is 0 Å². The van der Waals surface area contributed by atoms with E-state index in [9.17, 15) is 23.3 Å². The topological polar surface area (TPSA) is 56.0 Å². The van der Waals surface area contributed by atoms with Gasteiger partial charge in [-0.25, -0.2) is 13.2 Å². The summed E-state index contributed by atoms with van der Waals surface area (Å²) in [5.41, 5.74) is -1.28. The summed E-state index contributed by atoms with van der Waals surface area (Å²) >= 11 is 5.21. The molecule has 0 fully saturated rings. The summed E-state index contributed by atoms with van der Waals surface area (Å²) in [6, 6.07) is 0.439. The van der Waals surface area contributed by atoms with Crippen LogP contribution in [0, 0.1) is 15.9 Å². The van der Waals surface area contributed by atoms with E-state index < -0.39 is 33.7 Å². The van der Waals surface area contributed by atoms with Gasteiger partial charge in [-0.1, -0.05) is 11.6 Å². The van der Waals surface area contributed by atoms with Gasteiger partial charge in [0.1, 0.15) is 5.02 Å². The molecule has 0 atom stereocenters. The minimum atomic E-state index is -3.22. The lowest BCUT2D eigenvalue weighted by Crippen LogP contribution is -2.01. The Labute approximate surface area is 80.5 Å². The van der Waals surface area contributed by atoms with Gasteiger partial charge in [-0.15, -0.1) is 0 Å². The highest BCUT2D eigenvalue weighted by molar-refractivity contribution is 6.32. The Morgan fingerprint density at radius 2 is 2.14 bits per heavy atom. The Bertz CT molecular complexity index is 386. The van der Waals surface area contributed by atoms with Gasteiger partial charge < -0.3 is 10.1 Å². The van der Waals surface area contributed by atoms with Crippen molar-refractivity contribution in [2.45, 2.75) is 6.43 Å². The minimum absolute atomic E-state index is 0.439. The summed E-state index contributed by atoms with van der Waals surface area (Å²) in [6.45, 7) is 0. The molecule has 0 unspecified atom stereocenters. The molecule has 0 amide bonds. The van der Waals surface area contributed by atoms with Crippen LogP contribution < -0.4 is 0 Å². The number of rotatable bonds is 2. The lowest BCUT2D eigenvalue weighted by atomic mass is 10.3. The molecule has 4 nitrogen and oxygen atoms in total. The smallest absolute Gasteiger partial charge is 0.358 e. The molecule has 0 aliphatic carbocycles. The van der Waals surface area contributed by atoms with Crippen LogP contribution in [0.1, 0.15) is 12.1 Å². The fourth-order valence-electron chi connectivity index (χ4n) is 0.752. The average Bonchev–Trinajstić information content (AvgIpc) is 2.02. The average molecular weight is 227 g/mol. The quantitative estimate of drug-likeness (QED) is 0.575. The Balaban J connectivity index is 3.34. The Hall–Kier alpha value is -1.37. The molecule has 1 aromatic rings. The van der Waals surface area contributed by atoms with Gasteiger partial charge in [-0.2, -0.15) is 0 Å². The van der Waals surface area contributed by atoms with E-state index in [1.165, 1.54) is 0 Å². The summed E-state index contributed by atoms with van der Waals surface area (Å²) < 4.78 is 36.8. The molecule has 0 aliphatic rings. The molecule has 1 aromatic heterocycles. The van der Waals surface area contributed by atoms with E-state index in [0.717, 1.165) is 0 Å². The lowest BCUT2D eigenvalue weighted by Gasteiger charge is -1.98. The molecule has 0 saturated heterocycles. The Morgan fingerprint density at radius 3 is 2.57 bits per heavy atom. The van der Waals surface area contributed by atoms with Crippen molar-refractivity contribution in [2.75, 3.05) is 0 Å². The molecule has 0 spiro atoms. The number of pyridine rings is 1. The van der Waals surface area contributed by atoms with Crippen molar-refractivity contribution in [3.8, 4) is 0 Å². The molecule has 8 heteroatoms. The van der Waals surface area contributed by atoms with Crippen molar-refractivity contribution < 1.29 is 18.1 Å². The van der Waals surface area contributed by atoms with Gasteiger partial charge in [0.2, 0.25) is 0 Å². The molecule has 0 bridgehead atoms. The molecular formula is C6H2ClF3N2O2. The molecule has 0 N–H and O–H groups in total. The number of alkyl halides is 2. The first kappa shape index (κ1) is 10.7. The Kier molecular flexibility index (Phi) is 2.90. The summed E-state index contributed by atoms with van der Waals surface area (Å²) in [5.74, 6) is -2.35. The van der Waals surface area contributed by atoms with Gasteiger partial charge in [0, 0.05) is 6.07 Å². The summed E-state index contributed by atoms with van der Waals surface area (Å²) in [4.78, 5) is 12.0. The van der Waals surface area contributed by atoms with Crippen molar-refractivity contribution in [3.05, 3.63) is 32.7 Å². The number of hydrogen-bond donors (Lipinski definition) is 0. The lowest BCUT2D eigenvalue weighted by molar-refractivity contribution is -0.389. The van der Waals surface area contributed by atoms with E-state index in [1.54, 1.807) is 0 Å². The summed E-state index contributed by atoms with van der Waals surface area (Å²) in [6.07, 6.45) is -3.22. The third kappa shape index (κ3) is 1.92. The van der Waals surface area contributed by atoms with E-state index in [0.29, 0.717) is 6.07 Å². The third-order valence-corrected chi connectivity index (χ3v) is 1.60. The standard InChI is InChI=1S/C6H2ClF3N2O2/c7-2-1-3(8)4(5(9)10)11-6(2)12(13)14/h1,5H. The number of hydrogen-bond acceptors (Lipinski definition) is 3. The molecule has 0 aromatic carbocycles. The highest BCUT2D eigenvalue weighted by Crippen LogP contribution is 2.28. The van der Waals surface area contributed by atoms with Crippen LogP contribution in [-0.4, -0.2) is 9.91 Å². The first-order valence-electron chi connectivity index (χ1n) is 3.22. The first-order valence-corrected chi connectivity index (χ1v) is 3.59. The van der Waals surface area contributed by atoms with Crippen molar-refractivity contribution in [1.29, 1.82) is 0 Å². The fraction of sp³-hybridized carbons (Fsp3) is 0.167. The van der Waals surface area contributed by atoms with Crippen LogP contribution in [-0.2, 0) is 0 Å². The normalized spacial score (nSPS) is 10.6. The van der Waals surface area contributed by atoms with Crippen molar-refractivity contribution >= 4 is 17.4 Å². The number of nitrogens with zero attached hydrogens (tertiary/aromatic N) is 2. The molecule has 76 valence electrons. The van der Waals surface area contributed by atoms with Gasteiger partial charge in [-0.05, 0) is 9.91 Å². The predicted molar refractivity (Wildman–Crippen MR) is 40.8 cm³/mol. The molecule has 0 saturated carbocycles. The second-order valence-electron chi connectivity index (χ2n) is 2.22. The van der Waals surface area contributed by atoms with Gasteiger partial charge in [0.25, 0.3) is 5.69 Å². The zero-order valence-electron chi connectivity index (χ0n) is 6.38. The van der Waals surface area contributed by atoms with Gasteiger partial charge in [0.05, 0.1) is 0 Å². The maximum atomic E-state index is 12.7. The van der Waals surface area contributed by atoms with Crippen LogP contribution in [0.25, 0.3) is 0 Å². The summed E-state index contributed by atoms with van der Waals surface area (Å²) in [5, 5.41) is 9.59. The molecule has 0 aliphatic heterocycles. The molecule has 0 radical (unpaired) electrons. The number of halogens is 4. The van der Waals surface area contributed by atoms with E-state index in [4.69, 9.17) is 11.6 Å². The predicted octanol–water partition coefficient (Wildman–Crippen LogP) is 2.72. The van der Waals surface area contributed by atoms with Crippen molar-refractivity contribution in [2.24, 2.45) is 0 Å². The molecule has 14 heavy (non-hydrogen) atoms. The van der Waals surface area contributed by atoms with Crippen LogP contribution >= 0.6 is 11.6 Å². The second kappa shape index (κ2) is 3.79. The van der Waals surface area contributed by atoms with Crippen LogP contribution in [0.4, 0.5) is 19.0 Å². The van der Waals surface area contributed by atoms with E-state index in [-0.39, 0.29) is 0 Å².